The molecule has 0 aliphatic rings. The van der Waals surface area contributed by atoms with Crippen molar-refractivity contribution in [3.05, 3.63) is 102 Å². The highest BCUT2D eigenvalue weighted by molar-refractivity contribution is 6.13. The third kappa shape index (κ3) is 3.13. The van der Waals surface area contributed by atoms with Gasteiger partial charge < -0.3 is 4.98 Å². The van der Waals surface area contributed by atoms with Gasteiger partial charge in [0.15, 0.2) is 0 Å². The van der Waals surface area contributed by atoms with Crippen LogP contribution < -0.4 is 0 Å². The van der Waals surface area contributed by atoms with E-state index < -0.39 is 0 Å². The number of benzene rings is 3. The molecule has 3 aromatic carbocycles. The SMILES string of the molecule is C=C/C(C)=C(C)\C=C/c1ccc2c([nH]c3ccccc32)c1-c1ccccc1. The minimum Gasteiger partial charge on any atom is -0.354 e. The second kappa shape index (κ2) is 7.13. The molecule has 0 unspecified atom stereocenters. The first-order valence-electron chi connectivity index (χ1n) is 9.26. The van der Waals surface area contributed by atoms with Crippen molar-refractivity contribution in [3.8, 4) is 11.1 Å². The number of allylic oxidation sites excluding steroid dienone is 4. The van der Waals surface area contributed by atoms with Crippen molar-refractivity contribution in [1.82, 2.24) is 4.98 Å². The number of nitrogens with one attached hydrogen (secondary N) is 1. The fraction of sp³-hybridized carbons (Fsp3) is 0.0769. The Bertz CT molecular complexity index is 1190. The number of rotatable bonds is 4. The Labute approximate surface area is 160 Å². The van der Waals surface area contributed by atoms with Crippen molar-refractivity contribution in [1.29, 1.82) is 0 Å². The van der Waals surface area contributed by atoms with Crippen molar-refractivity contribution >= 4 is 27.9 Å². The summed E-state index contributed by atoms with van der Waals surface area (Å²) in [5.74, 6) is 0. The number of hydrogen-bond acceptors (Lipinski definition) is 0. The lowest BCUT2D eigenvalue weighted by molar-refractivity contribution is 1.38. The van der Waals surface area contributed by atoms with Crippen molar-refractivity contribution in [2.75, 3.05) is 0 Å². The van der Waals surface area contributed by atoms with E-state index in [1.165, 1.54) is 49.6 Å². The van der Waals surface area contributed by atoms with Crippen LogP contribution >= 0.6 is 0 Å². The average molecular weight is 349 g/mol. The van der Waals surface area contributed by atoms with E-state index in [2.05, 4.69) is 104 Å². The summed E-state index contributed by atoms with van der Waals surface area (Å²) in [6.45, 7) is 8.08. The Hall–Kier alpha value is -3.32. The number of H-pyrrole nitrogens is 1. The fourth-order valence-corrected chi connectivity index (χ4v) is 3.50. The molecule has 1 aromatic heterocycles. The Morgan fingerprint density at radius 2 is 1.56 bits per heavy atom. The molecule has 1 heterocycles. The Morgan fingerprint density at radius 1 is 0.815 bits per heavy atom. The molecule has 0 radical (unpaired) electrons. The quantitative estimate of drug-likeness (QED) is 0.367. The minimum absolute atomic E-state index is 1.17. The van der Waals surface area contributed by atoms with Crippen LogP contribution in [0, 0.1) is 0 Å². The van der Waals surface area contributed by atoms with Gasteiger partial charge in [0.1, 0.15) is 0 Å². The van der Waals surface area contributed by atoms with Gasteiger partial charge in [0, 0.05) is 21.9 Å². The lowest BCUT2D eigenvalue weighted by Gasteiger charge is -2.09. The van der Waals surface area contributed by atoms with Crippen molar-refractivity contribution < 1.29 is 0 Å². The molecule has 0 atom stereocenters. The van der Waals surface area contributed by atoms with Gasteiger partial charge in [0.25, 0.3) is 0 Å². The van der Waals surface area contributed by atoms with Gasteiger partial charge in [-0.3, -0.25) is 0 Å². The van der Waals surface area contributed by atoms with Gasteiger partial charge in [-0.1, -0.05) is 85.5 Å². The molecule has 0 spiro atoms. The van der Waals surface area contributed by atoms with Gasteiger partial charge in [-0.2, -0.15) is 0 Å². The predicted octanol–water partition coefficient (Wildman–Crippen LogP) is 7.52. The summed E-state index contributed by atoms with van der Waals surface area (Å²) in [4.78, 5) is 3.64. The minimum atomic E-state index is 1.17. The molecule has 1 heteroatoms. The second-order valence-electron chi connectivity index (χ2n) is 6.89. The van der Waals surface area contributed by atoms with Gasteiger partial charge >= 0.3 is 0 Å². The topological polar surface area (TPSA) is 15.8 Å². The maximum Gasteiger partial charge on any atom is 0.0550 e. The fourth-order valence-electron chi connectivity index (χ4n) is 3.50. The molecule has 0 saturated carbocycles. The van der Waals surface area contributed by atoms with Crippen LogP contribution in [0.2, 0.25) is 0 Å². The highest BCUT2D eigenvalue weighted by Crippen LogP contribution is 2.36. The largest absolute Gasteiger partial charge is 0.354 e. The normalized spacial score (nSPS) is 12.7. The van der Waals surface area contributed by atoms with Crippen molar-refractivity contribution in [2.24, 2.45) is 0 Å². The highest BCUT2D eigenvalue weighted by Gasteiger charge is 2.12. The molecule has 0 saturated heterocycles. The predicted molar refractivity (Wildman–Crippen MR) is 119 cm³/mol. The zero-order valence-corrected chi connectivity index (χ0v) is 15.8. The molecule has 0 amide bonds. The van der Waals surface area contributed by atoms with Crippen LogP contribution in [0.15, 0.2) is 96.6 Å². The Kier molecular flexibility index (Phi) is 4.52. The lowest BCUT2D eigenvalue weighted by atomic mass is 9.95. The van der Waals surface area contributed by atoms with Crippen LogP contribution in [-0.2, 0) is 0 Å². The number of fused-ring (bicyclic) bond motifs is 3. The molecule has 0 bridgehead atoms. The first-order chi connectivity index (χ1) is 13.2. The molecule has 0 fully saturated rings. The van der Waals surface area contributed by atoms with E-state index in [0.29, 0.717) is 0 Å². The Balaban J connectivity index is 2.00. The first kappa shape index (κ1) is 17.1. The Morgan fingerprint density at radius 3 is 2.33 bits per heavy atom. The average Bonchev–Trinajstić information content (AvgIpc) is 3.10. The maximum absolute atomic E-state index is 3.87. The van der Waals surface area contributed by atoms with E-state index in [0.717, 1.165) is 0 Å². The van der Waals surface area contributed by atoms with Crippen LogP contribution in [-0.4, -0.2) is 4.98 Å². The van der Waals surface area contributed by atoms with E-state index >= 15 is 0 Å². The summed E-state index contributed by atoms with van der Waals surface area (Å²) in [5, 5.41) is 2.52. The molecule has 1 N–H and O–H groups in total. The summed E-state index contributed by atoms with van der Waals surface area (Å²) in [6, 6.07) is 23.5. The molecule has 1 nitrogen and oxygen atoms in total. The standard InChI is InChI=1S/C26H23N/c1-4-18(2)19(3)14-15-21-16-17-23-22-12-8-9-13-24(22)27-26(23)25(21)20-10-6-5-7-11-20/h4-17,27H,1H2,2-3H3/b15-14-,19-18-. The van der Waals surface area contributed by atoms with Crippen LogP contribution in [0.4, 0.5) is 0 Å². The third-order valence-electron chi connectivity index (χ3n) is 5.22. The van der Waals surface area contributed by atoms with E-state index in [-0.39, 0.29) is 0 Å². The highest BCUT2D eigenvalue weighted by atomic mass is 14.7. The first-order valence-corrected chi connectivity index (χ1v) is 9.26. The van der Waals surface area contributed by atoms with Crippen LogP contribution in [0.25, 0.3) is 39.0 Å². The third-order valence-corrected chi connectivity index (χ3v) is 5.22. The number of aromatic amines is 1. The van der Waals surface area contributed by atoms with Gasteiger partial charge in [-0.25, -0.2) is 0 Å². The zero-order chi connectivity index (χ0) is 18.8. The molecule has 0 aliphatic heterocycles. The molecule has 27 heavy (non-hydrogen) atoms. The number of aromatic nitrogens is 1. The number of hydrogen-bond donors (Lipinski definition) is 1. The summed E-state index contributed by atoms with van der Waals surface area (Å²) < 4.78 is 0. The summed E-state index contributed by atoms with van der Waals surface area (Å²) >= 11 is 0. The van der Waals surface area contributed by atoms with Crippen LogP contribution in [0.5, 0.6) is 0 Å². The molecule has 0 aliphatic carbocycles. The van der Waals surface area contributed by atoms with Gasteiger partial charge in [-0.15, -0.1) is 0 Å². The van der Waals surface area contributed by atoms with E-state index in [1.54, 1.807) is 0 Å². The smallest absolute Gasteiger partial charge is 0.0550 e. The lowest BCUT2D eigenvalue weighted by Crippen LogP contribution is -1.86. The van der Waals surface area contributed by atoms with Gasteiger partial charge in [0.05, 0.1) is 5.52 Å². The molecule has 4 rings (SSSR count). The molecule has 132 valence electrons. The molecular weight excluding hydrogens is 326 g/mol. The van der Waals surface area contributed by atoms with E-state index in [1.807, 2.05) is 6.08 Å². The maximum atomic E-state index is 3.87. The van der Waals surface area contributed by atoms with Gasteiger partial charge in [0.2, 0.25) is 0 Å². The number of para-hydroxylation sites is 1. The monoisotopic (exact) mass is 349 g/mol. The summed E-state index contributed by atoms with van der Waals surface area (Å²) in [5.41, 5.74) is 8.44. The zero-order valence-electron chi connectivity index (χ0n) is 15.8. The van der Waals surface area contributed by atoms with E-state index in [4.69, 9.17) is 0 Å². The summed E-state index contributed by atoms with van der Waals surface area (Å²) in [6.07, 6.45) is 6.28. The van der Waals surface area contributed by atoms with Gasteiger partial charge in [-0.05, 0) is 42.2 Å². The van der Waals surface area contributed by atoms with Crippen molar-refractivity contribution in [2.45, 2.75) is 13.8 Å². The van der Waals surface area contributed by atoms with E-state index in [9.17, 15) is 0 Å². The van der Waals surface area contributed by atoms with Crippen LogP contribution in [0.1, 0.15) is 19.4 Å². The molecule has 4 aromatic rings. The molecular formula is C26H23N. The second-order valence-corrected chi connectivity index (χ2v) is 6.89. The van der Waals surface area contributed by atoms with Crippen LogP contribution in [0.3, 0.4) is 0 Å². The summed E-state index contributed by atoms with van der Waals surface area (Å²) in [7, 11) is 0. The van der Waals surface area contributed by atoms with Crippen molar-refractivity contribution in [3.63, 3.8) is 0 Å².